The molecule has 4 aromatic rings. The van der Waals surface area contributed by atoms with Crippen LogP contribution in [0.4, 0.5) is 17.1 Å². The molecule has 0 aliphatic heterocycles. The summed E-state index contributed by atoms with van der Waals surface area (Å²) in [7, 11) is 0. The van der Waals surface area contributed by atoms with Gasteiger partial charge in [-0.15, -0.1) is 0 Å². The number of nitrogens with zero attached hydrogens (tertiary/aromatic N) is 3. The van der Waals surface area contributed by atoms with Crippen molar-refractivity contribution in [2.45, 2.75) is 25.7 Å². The standard InChI is InChI=1S/C27H25N3O9.C9H8O2/c31-25(32)18-5-14-23(26(33)34)24(17-18)27(35)39-16-4-2-1-3-15-38-22-12-8-20(9-13-22)29-28-19-6-10-21(11-7-19)30(36)37;1-2-9(10)11-8-6-4-3-5-7-8/h5-14,17H,1-4,15-16H2,(H,31,32)(H,33,34);2-7H,1H2. The van der Waals surface area contributed by atoms with E-state index in [9.17, 15) is 34.4 Å². The molecule has 4 rings (SSSR count). The molecule has 14 nitrogen and oxygen atoms in total. The molecule has 0 unspecified atom stereocenters. The molecular weight excluding hydrogens is 650 g/mol. The van der Waals surface area contributed by atoms with E-state index in [1.54, 1.807) is 48.5 Å². The Kier molecular flexibility index (Phi) is 15.0. The Bertz CT molecular complexity index is 1810. The summed E-state index contributed by atoms with van der Waals surface area (Å²) >= 11 is 0. The summed E-state index contributed by atoms with van der Waals surface area (Å²) in [4.78, 5) is 55.6. The van der Waals surface area contributed by atoms with Crippen molar-refractivity contribution in [3.63, 3.8) is 0 Å². The quantitative estimate of drug-likeness (QED) is 0.0220. The predicted octanol–water partition coefficient (Wildman–Crippen LogP) is 7.98. The van der Waals surface area contributed by atoms with E-state index in [0.29, 0.717) is 35.9 Å². The Morgan fingerprint density at radius 1 is 0.720 bits per heavy atom. The second-order valence-electron chi connectivity index (χ2n) is 10.2. The fourth-order valence-electron chi connectivity index (χ4n) is 4.03. The van der Waals surface area contributed by atoms with Crippen molar-refractivity contribution in [1.29, 1.82) is 0 Å². The summed E-state index contributed by atoms with van der Waals surface area (Å²) in [5.74, 6) is -2.73. The minimum Gasteiger partial charge on any atom is -0.494 e. The van der Waals surface area contributed by atoms with Crippen molar-refractivity contribution in [2.24, 2.45) is 10.2 Å². The van der Waals surface area contributed by atoms with Crippen LogP contribution in [0.1, 0.15) is 56.8 Å². The van der Waals surface area contributed by atoms with E-state index in [-0.39, 0.29) is 29.0 Å². The van der Waals surface area contributed by atoms with Crippen LogP contribution in [-0.2, 0) is 9.53 Å². The summed E-state index contributed by atoms with van der Waals surface area (Å²) in [5.41, 5.74) is 0.259. The zero-order valence-corrected chi connectivity index (χ0v) is 26.7. The molecule has 0 saturated carbocycles. The summed E-state index contributed by atoms with van der Waals surface area (Å²) in [5, 5.41) is 37.1. The second kappa shape index (κ2) is 19.8. The maximum absolute atomic E-state index is 12.3. The van der Waals surface area contributed by atoms with Crippen LogP contribution in [-0.4, -0.2) is 52.2 Å². The van der Waals surface area contributed by atoms with Gasteiger partial charge in [0.1, 0.15) is 11.5 Å². The van der Waals surface area contributed by atoms with Crippen LogP contribution in [0.25, 0.3) is 0 Å². The maximum atomic E-state index is 12.3. The first-order valence-electron chi connectivity index (χ1n) is 15.1. The highest BCUT2D eigenvalue weighted by atomic mass is 16.6. The third kappa shape index (κ3) is 12.8. The molecule has 0 saturated heterocycles. The molecule has 0 spiro atoms. The molecule has 2 N–H and O–H groups in total. The average molecular weight is 684 g/mol. The van der Waals surface area contributed by atoms with Crippen LogP contribution < -0.4 is 9.47 Å². The number of para-hydroxylation sites is 1. The summed E-state index contributed by atoms with van der Waals surface area (Å²) in [6.07, 6.45) is 4.01. The maximum Gasteiger partial charge on any atom is 0.339 e. The van der Waals surface area contributed by atoms with Gasteiger partial charge >= 0.3 is 23.9 Å². The molecular formula is C36H33N3O11. The number of rotatable bonds is 16. The van der Waals surface area contributed by atoms with E-state index in [0.717, 1.165) is 43.5 Å². The molecule has 50 heavy (non-hydrogen) atoms. The molecule has 0 radical (unpaired) electrons. The van der Waals surface area contributed by atoms with E-state index in [4.69, 9.17) is 19.3 Å². The number of carbonyl (C=O) groups excluding carboxylic acids is 2. The smallest absolute Gasteiger partial charge is 0.339 e. The number of non-ortho nitro benzene ring substituents is 1. The molecule has 0 heterocycles. The number of nitro groups is 1. The van der Waals surface area contributed by atoms with Crippen LogP contribution in [0, 0.1) is 10.1 Å². The number of carboxylic acids is 2. The lowest BCUT2D eigenvalue weighted by Crippen LogP contribution is -2.14. The number of benzene rings is 4. The van der Waals surface area contributed by atoms with Gasteiger partial charge in [0.05, 0.1) is 46.2 Å². The number of hydrogen-bond donors (Lipinski definition) is 2. The number of hydrogen-bond acceptors (Lipinski definition) is 11. The van der Waals surface area contributed by atoms with Crippen molar-refractivity contribution in [1.82, 2.24) is 0 Å². The van der Waals surface area contributed by atoms with E-state index >= 15 is 0 Å². The Hall–Kier alpha value is -6.70. The van der Waals surface area contributed by atoms with E-state index in [1.807, 2.05) is 6.07 Å². The number of nitro benzene ring substituents is 1. The number of carbonyl (C=O) groups is 4. The van der Waals surface area contributed by atoms with E-state index < -0.39 is 28.8 Å². The van der Waals surface area contributed by atoms with Gasteiger partial charge in [-0.2, -0.15) is 10.2 Å². The van der Waals surface area contributed by atoms with Crippen molar-refractivity contribution in [2.75, 3.05) is 13.2 Å². The van der Waals surface area contributed by atoms with Crippen molar-refractivity contribution in [3.8, 4) is 11.5 Å². The zero-order chi connectivity index (χ0) is 36.3. The Balaban J connectivity index is 0.000000521. The van der Waals surface area contributed by atoms with Crippen LogP contribution >= 0.6 is 0 Å². The molecule has 0 bridgehead atoms. The highest BCUT2D eigenvalue weighted by Gasteiger charge is 2.20. The normalized spacial score (nSPS) is 10.3. The molecule has 0 atom stereocenters. The molecule has 4 aromatic carbocycles. The fourth-order valence-corrected chi connectivity index (χ4v) is 4.03. The van der Waals surface area contributed by atoms with Crippen LogP contribution in [0.5, 0.6) is 11.5 Å². The number of carboxylic acid groups (broad SMARTS) is 2. The number of unbranched alkanes of at least 4 members (excludes halogenated alkanes) is 3. The number of aromatic carboxylic acids is 2. The van der Waals surface area contributed by atoms with Crippen LogP contribution in [0.3, 0.4) is 0 Å². The molecule has 0 aliphatic rings. The van der Waals surface area contributed by atoms with Gasteiger partial charge in [0.25, 0.3) is 5.69 Å². The lowest BCUT2D eigenvalue weighted by molar-refractivity contribution is -0.384. The third-order valence-corrected chi connectivity index (χ3v) is 6.56. The van der Waals surface area contributed by atoms with Gasteiger partial charge in [0.2, 0.25) is 0 Å². The molecule has 0 fully saturated rings. The van der Waals surface area contributed by atoms with Gasteiger partial charge in [-0.1, -0.05) is 24.8 Å². The Morgan fingerprint density at radius 2 is 1.32 bits per heavy atom. The van der Waals surface area contributed by atoms with Crippen LogP contribution in [0.2, 0.25) is 0 Å². The minimum absolute atomic E-state index is 0.0179. The Morgan fingerprint density at radius 3 is 1.88 bits per heavy atom. The summed E-state index contributed by atoms with van der Waals surface area (Å²) in [6.45, 7) is 3.84. The molecule has 0 amide bonds. The largest absolute Gasteiger partial charge is 0.494 e. The van der Waals surface area contributed by atoms with Gasteiger partial charge in [0.15, 0.2) is 0 Å². The fraction of sp³-hybridized carbons (Fsp3) is 0.167. The van der Waals surface area contributed by atoms with Crippen molar-refractivity contribution in [3.05, 3.63) is 137 Å². The van der Waals surface area contributed by atoms with Gasteiger partial charge in [-0.05, 0) is 92.4 Å². The first-order valence-corrected chi connectivity index (χ1v) is 15.1. The van der Waals surface area contributed by atoms with Crippen LogP contribution in [0.15, 0.2) is 120 Å². The van der Waals surface area contributed by atoms with E-state index in [1.165, 1.54) is 24.3 Å². The average Bonchev–Trinajstić information content (AvgIpc) is 3.12. The van der Waals surface area contributed by atoms with Crippen molar-refractivity contribution < 1.29 is 48.5 Å². The first-order chi connectivity index (χ1) is 24.1. The molecule has 258 valence electrons. The monoisotopic (exact) mass is 683 g/mol. The predicted molar refractivity (Wildman–Crippen MR) is 181 cm³/mol. The lowest BCUT2D eigenvalue weighted by Gasteiger charge is -2.09. The molecule has 0 aliphatic carbocycles. The van der Waals surface area contributed by atoms with Crippen molar-refractivity contribution >= 4 is 40.9 Å². The SMILES string of the molecule is C=CC(=O)Oc1ccccc1.O=C(O)c1ccc(C(=O)O)c(C(=O)OCCCCCCOc2ccc(N=Nc3ccc([N+](=O)[O-])cc3)cc2)c1. The number of esters is 2. The lowest BCUT2D eigenvalue weighted by atomic mass is 10.0. The highest BCUT2D eigenvalue weighted by molar-refractivity contribution is 6.04. The highest BCUT2D eigenvalue weighted by Crippen LogP contribution is 2.23. The summed E-state index contributed by atoms with van der Waals surface area (Å²) < 4.78 is 15.6. The second-order valence-corrected chi connectivity index (χ2v) is 10.2. The number of ether oxygens (including phenoxy) is 3. The third-order valence-electron chi connectivity index (χ3n) is 6.56. The summed E-state index contributed by atoms with van der Waals surface area (Å²) in [6, 6.07) is 24.8. The van der Waals surface area contributed by atoms with Gasteiger partial charge in [0, 0.05) is 18.2 Å². The minimum atomic E-state index is -1.35. The molecule has 14 heteroatoms. The van der Waals surface area contributed by atoms with Gasteiger partial charge < -0.3 is 24.4 Å². The van der Waals surface area contributed by atoms with E-state index in [2.05, 4.69) is 16.8 Å². The van der Waals surface area contributed by atoms with Gasteiger partial charge in [-0.25, -0.2) is 19.2 Å². The zero-order valence-electron chi connectivity index (χ0n) is 26.7. The van der Waals surface area contributed by atoms with Gasteiger partial charge in [-0.3, -0.25) is 10.1 Å². The first kappa shape index (κ1) is 37.8. The molecule has 0 aromatic heterocycles. The topological polar surface area (TPSA) is 204 Å². The number of azo groups is 1. The Labute approximate surface area is 286 Å².